The molecule has 0 saturated carbocycles. The van der Waals surface area contributed by atoms with E-state index in [1.54, 1.807) is 29.1 Å². The first-order valence-electron chi connectivity index (χ1n) is 10.8. The Hall–Kier alpha value is -4.64. The molecule has 0 spiro atoms. The number of nitrogens with one attached hydrogen (secondary N) is 2. The minimum Gasteiger partial charge on any atom is -0.383 e. The largest absolute Gasteiger partial charge is 0.383 e. The molecule has 0 bridgehead atoms. The molecule has 0 fully saturated rings. The number of benzene rings is 2. The second kappa shape index (κ2) is 7.99. The number of halogens is 2. The summed E-state index contributed by atoms with van der Waals surface area (Å²) >= 11 is 0. The van der Waals surface area contributed by atoms with Gasteiger partial charge in [-0.15, -0.1) is 0 Å². The summed E-state index contributed by atoms with van der Waals surface area (Å²) in [5.41, 5.74) is 13.7. The van der Waals surface area contributed by atoms with Crippen LogP contribution in [0, 0.1) is 11.6 Å². The van der Waals surface area contributed by atoms with Crippen molar-refractivity contribution in [3.8, 4) is 5.69 Å². The van der Waals surface area contributed by atoms with Gasteiger partial charge in [-0.25, -0.2) is 28.9 Å². The van der Waals surface area contributed by atoms with Crippen LogP contribution in [0.4, 0.5) is 14.6 Å². The van der Waals surface area contributed by atoms with Crippen LogP contribution in [0.5, 0.6) is 0 Å². The van der Waals surface area contributed by atoms with Crippen LogP contribution < -0.4 is 22.1 Å². The van der Waals surface area contributed by atoms with Crippen LogP contribution >= 0.6 is 0 Å². The third-order valence-corrected chi connectivity index (χ3v) is 5.97. The second-order valence-corrected chi connectivity index (χ2v) is 8.06. The van der Waals surface area contributed by atoms with Crippen molar-refractivity contribution in [2.45, 2.75) is 6.54 Å². The number of nitrogens with zero attached hydrogens (tertiary/aromatic N) is 5. The molecule has 0 radical (unpaired) electrons. The highest BCUT2D eigenvalue weighted by Gasteiger charge is 2.22. The predicted octanol–water partition coefficient (Wildman–Crippen LogP) is 2.49. The van der Waals surface area contributed by atoms with Crippen molar-refractivity contribution < 1.29 is 8.78 Å². The number of hydrogen-bond acceptors (Lipinski definition) is 7. The Labute approximate surface area is 196 Å². The lowest BCUT2D eigenvalue weighted by Gasteiger charge is -2.16. The fourth-order valence-electron chi connectivity index (χ4n) is 4.39. The Morgan fingerprint density at radius 1 is 1.03 bits per heavy atom. The van der Waals surface area contributed by atoms with Gasteiger partial charge in [-0.1, -0.05) is 24.3 Å². The Kier molecular flexibility index (Phi) is 4.78. The summed E-state index contributed by atoms with van der Waals surface area (Å²) in [5.74, 6) is -1.03. The zero-order valence-corrected chi connectivity index (χ0v) is 18.2. The topological polar surface area (TPSA) is 116 Å². The van der Waals surface area contributed by atoms with Crippen molar-refractivity contribution in [2.24, 2.45) is 0 Å². The molecule has 6 rings (SSSR count). The summed E-state index contributed by atoms with van der Waals surface area (Å²) in [6, 6.07) is 11.9. The lowest BCUT2D eigenvalue weighted by molar-refractivity contribution is 0.604. The maximum Gasteiger partial charge on any atom is 0.266 e. The number of fused-ring (bicyclic) bond motifs is 2. The zero-order chi connectivity index (χ0) is 24.1. The van der Waals surface area contributed by atoms with Gasteiger partial charge in [0.25, 0.3) is 5.56 Å². The minimum absolute atomic E-state index is 0.00961. The minimum atomic E-state index is -0.676. The SMILES string of the molecule is Nc1ncnc2c1c(C1=CNNC1)nn2Cc1cc2cccc(F)c2c(=O)n1-c1ccccc1F. The van der Waals surface area contributed by atoms with Crippen LogP contribution in [0.2, 0.25) is 0 Å². The van der Waals surface area contributed by atoms with Gasteiger partial charge in [0.15, 0.2) is 5.65 Å². The van der Waals surface area contributed by atoms with Crippen molar-refractivity contribution in [1.82, 2.24) is 35.2 Å². The van der Waals surface area contributed by atoms with Crippen LogP contribution in [0.1, 0.15) is 11.4 Å². The van der Waals surface area contributed by atoms with Gasteiger partial charge in [-0.3, -0.25) is 9.36 Å². The maximum atomic E-state index is 14.9. The first kappa shape index (κ1) is 20.9. The number of rotatable bonds is 4. The van der Waals surface area contributed by atoms with Gasteiger partial charge in [-0.2, -0.15) is 5.10 Å². The van der Waals surface area contributed by atoms with Crippen molar-refractivity contribution >= 4 is 33.2 Å². The fraction of sp³-hybridized carbons (Fsp3) is 0.0833. The van der Waals surface area contributed by atoms with Gasteiger partial charge >= 0.3 is 0 Å². The number of hydrazine groups is 1. The van der Waals surface area contributed by atoms with Crippen LogP contribution in [-0.4, -0.2) is 30.9 Å². The molecule has 3 aromatic heterocycles. The standard InChI is InChI=1S/C24H18F2N8O/c25-16-5-1-2-7-18(16)34-15(8-13-4-3-6-17(26)19(13)24(34)35)11-33-23-20(22(27)28-12-29-23)21(32-33)14-9-30-31-10-14/h1-9,12,30-31H,10-11H2,(H2,27,28,29). The number of anilines is 1. The quantitative estimate of drug-likeness (QED) is 0.368. The van der Waals surface area contributed by atoms with E-state index in [1.807, 2.05) is 0 Å². The molecule has 2 aromatic carbocycles. The summed E-state index contributed by atoms with van der Waals surface area (Å²) in [4.78, 5) is 22.0. The van der Waals surface area contributed by atoms with Crippen LogP contribution in [0.25, 0.3) is 33.1 Å². The first-order valence-corrected chi connectivity index (χ1v) is 10.8. The van der Waals surface area contributed by atoms with E-state index in [4.69, 9.17) is 10.8 Å². The number of para-hydroxylation sites is 1. The van der Waals surface area contributed by atoms with Gasteiger partial charge in [0.2, 0.25) is 0 Å². The van der Waals surface area contributed by atoms with Crippen molar-refractivity contribution in [1.29, 1.82) is 0 Å². The molecule has 5 aromatic rings. The van der Waals surface area contributed by atoms with E-state index >= 15 is 0 Å². The van der Waals surface area contributed by atoms with Crippen molar-refractivity contribution in [3.05, 3.63) is 94.4 Å². The summed E-state index contributed by atoms with van der Waals surface area (Å²) < 4.78 is 32.3. The molecular formula is C24H18F2N8O. The molecule has 174 valence electrons. The molecule has 0 saturated heterocycles. The number of hydrogen-bond donors (Lipinski definition) is 3. The molecule has 0 aliphatic carbocycles. The normalized spacial score (nSPS) is 13.4. The average Bonchev–Trinajstić information content (AvgIpc) is 3.49. The van der Waals surface area contributed by atoms with Crippen LogP contribution in [-0.2, 0) is 6.54 Å². The highest BCUT2D eigenvalue weighted by Crippen LogP contribution is 2.28. The average molecular weight is 472 g/mol. The Balaban J connectivity index is 1.62. The highest BCUT2D eigenvalue weighted by atomic mass is 19.1. The summed E-state index contributed by atoms with van der Waals surface area (Å²) in [7, 11) is 0. The number of aromatic nitrogens is 5. The molecule has 1 aliphatic heterocycles. The molecule has 0 amide bonds. The maximum absolute atomic E-state index is 14.9. The van der Waals surface area contributed by atoms with Gasteiger partial charge in [0.05, 0.1) is 23.0 Å². The van der Waals surface area contributed by atoms with Crippen LogP contribution in [0.15, 0.2) is 65.9 Å². The molecule has 35 heavy (non-hydrogen) atoms. The molecule has 4 N–H and O–H groups in total. The van der Waals surface area contributed by atoms with E-state index in [0.717, 1.165) is 5.57 Å². The third kappa shape index (κ3) is 3.32. The lowest BCUT2D eigenvalue weighted by Crippen LogP contribution is -2.25. The number of nitrogen functional groups attached to an aromatic ring is 1. The van der Waals surface area contributed by atoms with Gasteiger partial charge in [0, 0.05) is 24.0 Å². The lowest BCUT2D eigenvalue weighted by atomic mass is 10.1. The third-order valence-electron chi connectivity index (χ3n) is 5.97. The molecule has 0 unspecified atom stereocenters. The van der Waals surface area contributed by atoms with Gasteiger partial charge < -0.3 is 11.2 Å². The first-order chi connectivity index (χ1) is 17.0. The molecule has 4 heterocycles. The predicted molar refractivity (Wildman–Crippen MR) is 127 cm³/mol. The van der Waals surface area contributed by atoms with Gasteiger partial charge in [0.1, 0.15) is 29.5 Å². The second-order valence-electron chi connectivity index (χ2n) is 8.06. The van der Waals surface area contributed by atoms with E-state index in [0.29, 0.717) is 34.4 Å². The Morgan fingerprint density at radius 3 is 2.66 bits per heavy atom. The van der Waals surface area contributed by atoms with Crippen molar-refractivity contribution in [3.63, 3.8) is 0 Å². The summed E-state index contributed by atoms with van der Waals surface area (Å²) in [6.45, 7) is 0.548. The molecule has 9 nitrogen and oxygen atoms in total. The monoisotopic (exact) mass is 472 g/mol. The Bertz CT molecular complexity index is 1720. The molecular weight excluding hydrogens is 454 g/mol. The van der Waals surface area contributed by atoms with Gasteiger partial charge in [-0.05, 0) is 29.7 Å². The molecule has 0 atom stereocenters. The van der Waals surface area contributed by atoms with E-state index in [-0.39, 0.29) is 23.4 Å². The van der Waals surface area contributed by atoms with Crippen molar-refractivity contribution in [2.75, 3.05) is 12.3 Å². The molecule has 1 aliphatic rings. The van der Waals surface area contributed by atoms with E-state index < -0.39 is 17.2 Å². The molecule has 11 heteroatoms. The zero-order valence-electron chi connectivity index (χ0n) is 18.2. The number of nitrogens with two attached hydrogens (primary N) is 1. The number of pyridine rings is 1. The fourth-order valence-corrected chi connectivity index (χ4v) is 4.39. The smallest absolute Gasteiger partial charge is 0.266 e. The van der Waals surface area contributed by atoms with Crippen LogP contribution in [0.3, 0.4) is 0 Å². The van der Waals surface area contributed by atoms with E-state index in [1.165, 1.54) is 41.2 Å². The summed E-state index contributed by atoms with van der Waals surface area (Å²) in [6.07, 6.45) is 3.10. The van der Waals surface area contributed by atoms with E-state index in [2.05, 4.69) is 20.8 Å². The Morgan fingerprint density at radius 2 is 1.86 bits per heavy atom. The highest BCUT2D eigenvalue weighted by molar-refractivity contribution is 5.96. The van der Waals surface area contributed by atoms with E-state index in [9.17, 15) is 13.6 Å². The summed E-state index contributed by atoms with van der Waals surface area (Å²) in [5, 5.41) is 5.56.